The summed E-state index contributed by atoms with van der Waals surface area (Å²) >= 11 is 1.99. The number of hydrogen-bond acceptors (Lipinski definition) is 2. The Hall–Kier alpha value is 0.310. The van der Waals surface area contributed by atoms with Gasteiger partial charge in [-0.1, -0.05) is 34.1 Å². The lowest BCUT2D eigenvalue weighted by Gasteiger charge is -2.18. The van der Waals surface area contributed by atoms with Gasteiger partial charge >= 0.3 is 0 Å². The Bertz CT molecular complexity index is 104. The van der Waals surface area contributed by atoms with Crippen LogP contribution in [0, 0.1) is 11.8 Å². The van der Waals surface area contributed by atoms with E-state index in [4.69, 9.17) is 5.73 Å². The summed E-state index contributed by atoms with van der Waals surface area (Å²) in [7, 11) is 0. The third-order valence-corrected chi connectivity index (χ3v) is 3.66. The van der Waals surface area contributed by atoms with E-state index in [1.165, 1.54) is 12.2 Å². The summed E-state index contributed by atoms with van der Waals surface area (Å²) in [5, 5.41) is 0. The molecule has 0 saturated carbocycles. The van der Waals surface area contributed by atoms with E-state index in [2.05, 4.69) is 27.7 Å². The van der Waals surface area contributed by atoms with Crippen LogP contribution in [0.25, 0.3) is 0 Å². The van der Waals surface area contributed by atoms with Crippen molar-refractivity contribution in [1.29, 1.82) is 0 Å². The highest BCUT2D eigenvalue weighted by Crippen LogP contribution is 2.13. The molecule has 74 valence electrons. The van der Waals surface area contributed by atoms with Gasteiger partial charge in [-0.2, -0.15) is 11.8 Å². The van der Waals surface area contributed by atoms with Crippen molar-refractivity contribution in [1.82, 2.24) is 0 Å². The molecule has 0 fully saturated rings. The Kier molecular flexibility index (Phi) is 6.96. The highest BCUT2D eigenvalue weighted by molar-refractivity contribution is 7.99. The molecule has 1 nitrogen and oxygen atoms in total. The van der Waals surface area contributed by atoms with Crippen LogP contribution in [0.15, 0.2) is 0 Å². The molecule has 2 heteroatoms. The van der Waals surface area contributed by atoms with Crippen molar-refractivity contribution >= 4 is 11.8 Å². The standard InChI is InChI=1S/C10H23NS/c1-5-9(4)10(11)7-12-6-8(2)3/h8-10H,5-7,11H2,1-4H3. The van der Waals surface area contributed by atoms with Crippen molar-refractivity contribution in [3.05, 3.63) is 0 Å². The molecule has 2 atom stereocenters. The fourth-order valence-corrected chi connectivity index (χ4v) is 2.12. The van der Waals surface area contributed by atoms with Crippen molar-refractivity contribution in [2.45, 2.75) is 40.2 Å². The number of thioether (sulfide) groups is 1. The second-order valence-electron chi connectivity index (χ2n) is 3.98. The highest BCUT2D eigenvalue weighted by Gasteiger charge is 2.10. The van der Waals surface area contributed by atoms with Crippen LogP contribution >= 0.6 is 11.8 Å². The van der Waals surface area contributed by atoms with Crippen molar-refractivity contribution < 1.29 is 0 Å². The van der Waals surface area contributed by atoms with E-state index in [1.807, 2.05) is 11.8 Å². The van der Waals surface area contributed by atoms with Crippen LogP contribution < -0.4 is 5.73 Å². The summed E-state index contributed by atoms with van der Waals surface area (Å²) in [6.07, 6.45) is 1.20. The molecule has 0 bridgehead atoms. The molecule has 0 heterocycles. The average molecular weight is 189 g/mol. The molecule has 0 aliphatic heterocycles. The molecule has 2 unspecified atom stereocenters. The molecule has 0 rings (SSSR count). The van der Waals surface area contributed by atoms with Gasteiger partial charge in [-0.25, -0.2) is 0 Å². The first kappa shape index (κ1) is 12.3. The molecule has 0 aromatic carbocycles. The van der Waals surface area contributed by atoms with E-state index in [0.717, 1.165) is 11.7 Å². The third-order valence-electron chi connectivity index (χ3n) is 2.14. The van der Waals surface area contributed by atoms with E-state index >= 15 is 0 Å². The predicted octanol–water partition coefficient (Wildman–Crippen LogP) is 2.75. The summed E-state index contributed by atoms with van der Waals surface area (Å²) in [4.78, 5) is 0. The first-order chi connectivity index (χ1) is 5.57. The topological polar surface area (TPSA) is 26.0 Å². The SMILES string of the molecule is CCC(C)C(N)CSCC(C)C. The molecule has 0 aliphatic carbocycles. The summed E-state index contributed by atoms with van der Waals surface area (Å²) < 4.78 is 0. The predicted molar refractivity (Wildman–Crippen MR) is 59.6 cm³/mol. The van der Waals surface area contributed by atoms with Crippen LogP contribution in [0.3, 0.4) is 0 Å². The molecule has 0 aromatic heterocycles. The lowest BCUT2D eigenvalue weighted by molar-refractivity contribution is 0.475. The normalized spacial score (nSPS) is 16.5. The van der Waals surface area contributed by atoms with Gasteiger partial charge in [0.2, 0.25) is 0 Å². The molecule has 0 saturated heterocycles. The Morgan fingerprint density at radius 1 is 1.17 bits per heavy atom. The molecule has 0 aromatic rings. The van der Waals surface area contributed by atoms with E-state index in [-0.39, 0.29) is 0 Å². The Balaban J connectivity index is 3.37. The summed E-state index contributed by atoms with van der Waals surface area (Å²) in [5.41, 5.74) is 5.99. The lowest BCUT2D eigenvalue weighted by Crippen LogP contribution is -2.30. The van der Waals surface area contributed by atoms with Gasteiger partial charge in [0.15, 0.2) is 0 Å². The second kappa shape index (κ2) is 6.79. The lowest BCUT2D eigenvalue weighted by atomic mass is 10.0. The summed E-state index contributed by atoms with van der Waals surface area (Å²) in [6, 6.07) is 0.388. The van der Waals surface area contributed by atoms with Crippen molar-refractivity contribution in [2.75, 3.05) is 11.5 Å². The van der Waals surface area contributed by atoms with Crippen LogP contribution in [-0.4, -0.2) is 17.5 Å². The molecule has 0 spiro atoms. The molecule has 12 heavy (non-hydrogen) atoms. The van der Waals surface area contributed by atoms with Crippen LogP contribution in [0.2, 0.25) is 0 Å². The summed E-state index contributed by atoms with van der Waals surface area (Å²) in [5.74, 6) is 3.82. The first-order valence-corrected chi connectivity index (χ1v) is 6.06. The monoisotopic (exact) mass is 189 g/mol. The number of rotatable bonds is 6. The van der Waals surface area contributed by atoms with Gasteiger partial charge in [0.1, 0.15) is 0 Å². The fourth-order valence-electron chi connectivity index (χ4n) is 0.907. The fraction of sp³-hybridized carbons (Fsp3) is 1.00. The minimum Gasteiger partial charge on any atom is -0.327 e. The number of nitrogens with two attached hydrogens (primary N) is 1. The van der Waals surface area contributed by atoms with Gasteiger partial charge in [0.25, 0.3) is 0 Å². The zero-order valence-electron chi connectivity index (χ0n) is 8.84. The van der Waals surface area contributed by atoms with E-state index in [0.29, 0.717) is 12.0 Å². The quantitative estimate of drug-likeness (QED) is 0.695. The van der Waals surface area contributed by atoms with E-state index < -0.39 is 0 Å². The summed E-state index contributed by atoms with van der Waals surface area (Å²) in [6.45, 7) is 8.95. The third kappa shape index (κ3) is 5.90. The first-order valence-electron chi connectivity index (χ1n) is 4.91. The van der Waals surface area contributed by atoms with Gasteiger partial charge < -0.3 is 5.73 Å². The van der Waals surface area contributed by atoms with Crippen LogP contribution in [0.4, 0.5) is 0 Å². The van der Waals surface area contributed by atoms with Crippen molar-refractivity contribution in [2.24, 2.45) is 17.6 Å². The Morgan fingerprint density at radius 3 is 2.17 bits per heavy atom. The highest BCUT2D eigenvalue weighted by atomic mass is 32.2. The minimum atomic E-state index is 0.388. The molecule has 0 radical (unpaired) electrons. The average Bonchev–Trinajstić information content (AvgIpc) is 2.02. The molecule has 2 N–H and O–H groups in total. The minimum absolute atomic E-state index is 0.388. The van der Waals surface area contributed by atoms with E-state index in [9.17, 15) is 0 Å². The van der Waals surface area contributed by atoms with Gasteiger partial charge in [-0.15, -0.1) is 0 Å². The van der Waals surface area contributed by atoms with Gasteiger partial charge in [0, 0.05) is 11.8 Å². The Morgan fingerprint density at radius 2 is 1.75 bits per heavy atom. The molecule has 0 aliphatic rings. The number of hydrogen-bond donors (Lipinski definition) is 1. The van der Waals surface area contributed by atoms with Gasteiger partial charge in [-0.3, -0.25) is 0 Å². The molecular formula is C10H23NS. The largest absolute Gasteiger partial charge is 0.327 e. The zero-order valence-corrected chi connectivity index (χ0v) is 9.66. The second-order valence-corrected chi connectivity index (χ2v) is 5.06. The maximum absolute atomic E-state index is 5.99. The van der Waals surface area contributed by atoms with Crippen LogP contribution in [-0.2, 0) is 0 Å². The van der Waals surface area contributed by atoms with E-state index in [1.54, 1.807) is 0 Å². The van der Waals surface area contributed by atoms with Crippen molar-refractivity contribution in [3.63, 3.8) is 0 Å². The maximum Gasteiger partial charge on any atom is 0.0156 e. The molecule has 0 amide bonds. The van der Waals surface area contributed by atoms with Crippen LogP contribution in [0.5, 0.6) is 0 Å². The van der Waals surface area contributed by atoms with Crippen LogP contribution in [0.1, 0.15) is 34.1 Å². The zero-order chi connectivity index (χ0) is 9.56. The van der Waals surface area contributed by atoms with Gasteiger partial charge in [-0.05, 0) is 17.6 Å². The van der Waals surface area contributed by atoms with Gasteiger partial charge in [0.05, 0.1) is 0 Å². The molecular weight excluding hydrogens is 166 g/mol. The van der Waals surface area contributed by atoms with Crippen molar-refractivity contribution in [3.8, 4) is 0 Å². The Labute approximate surface area is 81.5 Å². The smallest absolute Gasteiger partial charge is 0.0156 e. The maximum atomic E-state index is 5.99.